The molecule has 114 valence electrons. The smallest absolute Gasteiger partial charge is 0.223 e. The lowest BCUT2D eigenvalue weighted by Crippen LogP contribution is -2.27. The van der Waals surface area contributed by atoms with Crippen LogP contribution in [0.5, 0.6) is 0 Å². The average Bonchev–Trinajstić information content (AvgIpc) is 3.03. The summed E-state index contributed by atoms with van der Waals surface area (Å²) in [5.41, 5.74) is 0. The number of amides is 1. The van der Waals surface area contributed by atoms with E-state index in [4.69, 9.17) is 0 Å². The molecule has 0 aromatic carbocycles. The highest BCUT2D eigenvalue weighted by Gasteiger charge is 2.47. The predicted octanol–water partition coefficient (Wildman–Crippen LogP) is 2.06. The molecule has 4 rings (SSSR count). The highest BCUT2D eigenvalue weighted by molar-refractivity contribution is 5.81. The van der Waals surface area contributed by atoms with Crippen LogP contribution in [0.3, 0.4) is 0 Å². The van der Waals surface area contributed by atoms with E-state index in [9.17, 15) is 4.79 Å². The fraction of sp³-hybridized carbons (Fsp3) is 0.812. The maximum absolute atomic E-state index is 12.3. The third-order valence-corrected chi connectivity index (χ3v) is 5.54. The molecule has 2 fully saturated rings. The largest absolute Gasteiger partial charge is 0.349 e. The van der Waals surface area contributed by atoms with Crippen molar-refractivity contribution < 1.29 is 4.79 Å². The van der Waals surface area contributed by atoms with Crippen LogP contribution in [0.1, 0.15) is 56.6 Å². The second-order valence-electron chi connectivity index (χ2n) is 6.91. The molecule has 0 saturated heterocycles. The maximum atomic E-state index is 12.3. The number of aromatic nitrogens is 3. The van der Waals surface area contributed by atoms with E-state index in [2.05, 4.69) is 20.1 Å². The summed E-state index contributed by atoms with van der Waals surface area (Å²) in [7, 11) is 0. The number of hydrogen-bond donors (Lipinski definition) is 1. The van der Waals surface area contributed by atoms with E-state index in [1.807, 2.05) is 0 Å². The molecule has 0 spiro atoms. The van der Waals surface area contributed by atoms with Crippen LogP contribution >= 0.6 is 0 Å². The SMILES string of the molecule is O=C(NCc1nnc2n1CCC2)[C@@H]1C[C@H]1C1CCCCC1. The Hall–Kier alpha value is -1.39. The first kappa shape index (κ1) is 13.3. The van der Waals surface area contributed by atoms with Crippen LogP contribution < -0.4 is 5.32 Å². The molecule has 21 heavy (non-hydrogen) atoms. The van der Waals surface area contributed by atoms with Gasteiger partial charge in [-0.05, 0) is 24.7 Å². The number of nitrogens with one attached hydrogen (secondary N) is 1. The molecule has 3 aliphatic rings. The molecule has 5 heteroatoms. The molecule has 0 radical (unpaired) electrons. The molecule has 1 N–H and O–H groups in total. The number of fused-ring (bicyclic) bond motifs is 1. The predicted molar refractivity (Wildman–Crippen MR) is 78.4 cm³/mol. The van der Waals surface area contributed by atoms with E-state index in [-0.39, 0.29) is 11.8 Å². The van der Waals surface area contributed by atoms with E-state index < -0.39 is 0 Å². The van der Waals surface area contributed by atoms with Crippen LogP contribution in [0, 0.1) is 17.8 Å². The summed E-state index contributed by atoms with van der Waals surface area (Å²) in [4.78, 5) is 12.3. The summed E-state index contributed by atoms with van der Waals surface area (Å²) in [6, 6.07) is 0. The molecule has 2 saturated carbocycles. The van der Waals surface area contributed by atoms with E-state index >= 15 is 0 Å². The minimum atomic E-state index is 0.237. The molecular formula is C16H24N4O. The molecule has 0 bridgehead atoms. The highest BCUT2D eigenvalue weighted by atomic mass is 16.2. The van der Waals surface area contributed by atoms with Gasteiger partial charge < -0.3 is 9.88 Å². The van der Waals surface area contributed by atoms with E-state index in [1.165, 1.54) is 32.1 Å². The summed E-state index contributed by atoms with van der Waals surface area (Å²) in [6.07, 6.45) is 10.1. The van der Waals surface area contributed by atoms with Gasteiger partial charge in [-0.3, -0.25) is 4.79 Å². The van der Waals surface area contributed by atoms with Gasteiger partial charge in [0, 0.05) is 18.9 Å². The molecule has 2 atom stereocenters. The minimum absolute atomic E-state index is 0.237. The van der Waals surface area contributed by atoms with Crippen molar-refractivity contribution in [3.63, 3.8) is 0 Å². The topological polar surface area (TPSA) is 59.8 Å². The summed E-state index contributed by atoms with van der Waals surface area (Å²) in [5, 5.41) is 11.5. The first-order valence-corrected chi connectivity index (χ1v) is 8.51. The Labute approximate surface area is 125 Å². The van der Waals surface area contributed by atoms with E-state index in [1.54, 1.807) is 0 Å². The van der Waals surface area contributed by atoms with Crippen LogP contribution in [0.25, 0.3) is 0 Å². The average molecular weight is 288 g/mol. The van der Waals surface area contributed by atoms with Crippen LogP contribution in [-0.2, 0) is 24.3 Å². The zero-order chi connectivity index (χ0) is 14.2. The first-order valence-electron chi connectivity index (χ1n) is 8.51. The van der Waals surface area contributed by atoms with Gasteiger partial charge in [-0.15, -0.1) is 10.2 Å². The number of aryl methyl sites for hydroxylation is 1. The molecule has 2 aliphatic carbocycles. The number of nitrogens with zero attached hydrogens (tertiary/aromatic N) is 3. The fourth-order valence-corrected chi connectivity index (χ4v) is 4.24. The summed E-state index contributed by atoms with van der Waals surface area (Å²) in [5.74, 6) is 3.98. The van der Waals surface area contributed by atoms with Gasteiger partial charge >= 0.3 is 0 Å². The van der Waals surface area contributed by atoms with Crippen molar-refractivity contribution >= 4 is 5.91 Å². The van der Waals surface area contributed by atoms with Crippen molar-refractivity contribution in [2.75, 3.05) is 0 Å². The van der Waals surface area contributed by atoms with Gasteiger partial charge in [-0.2, -0.15) is 0 Å². The lowest BCUT2D eigenvalue weighted by Gasteiger charge is -2.21. The summed E-state index contributed by atoms with van der Waals surface area (Å²) < 4.78 is 2.16. The second-order valence-corrected chi connectivity index (χ2v) is 6.91. The van der Waals surface area contributed by atoms with Gasteiger partial charge in [0.1, 0.15) is 5.82 Å². The molecule has 0 unspecified atom stereocenters. The Bertz CT molecular complexity index is 532. The van der Waals surface area contributed by atoms with Crippen LogP contribution in [0.4, 0.5) is 0 Å². The van der Waals surface area contributed by atoms with E-state index in [0.717, 1.165) is 43.4 Å². The van der Waals surface area contributed by atoms with Crippen LogP contribution in [0.15, 0.2) is 0 Å². The molecule has 1 aromatic heterocycles. The third-order valence-electron chi connectivity index (χ3n) is 5.54. The first-order chi connectivity index (χ1) is 10.3. The second kappa shape index (κ2) is 5.43. The Morgan fingerprint density at radius 2 is 2.05 bits per heavy atom. The molecule has 1 amide bonds. The zero-order valence-corrected chi connectivity index (χ0v) is 12.6. The van der Waals surface area contributed by atoms with Gasteiger partial charge in [0.25, 0.3) is 0 Å². The van der Waals surface area contributed by atoms with Crippen molar-refractivity contribution in [3.05, 3.63) is 11.6 Å². The van der Waals surface area contributed by atoms with Gasteiger partial charge in [0.15, 0.2) is 5.82 Å². The Kier molecular flexibility index (Phi) is 3.43. The molecule has 1 aliphatic heterocycles. The van der Waals surface area contributed by atoms with Gasteiger partial charge in [-0.1, -0.05) is 32.1 Å². The van der Waals surface area contributed by atoms with Crippen LogP contribution in [-0.4, -0.2) is 20.7 Å². The maximum Gasteiger partial charge on any atom is 0.223 e. The zero-order valence-electron chi connectivity index (χ0n) is 12.6. The van der Waals surface area contributed by atoms with Crippen molar-refractivity contribution in [1.29, 1.82) is 0 Å². The van der Waals surface area contributed by atoms with Crippen molar-refractivity contribution in [1.82, 2.24) is 20.1 Å². The number of rotatable bonds is 4. The van der Waals surface area contributed by atoms with Crippen LogP contribution in [0.2, 0.25) is 0 Å². The number of hydrogen-bond acceptors (Lipinski definition) is 3. The van der Waals surface area contributed by atoms with E-state index in [0.29, 0.717) is 12.5 Å². The van der Waals surface area contributed by atoms with Crippen molar-refractivity contribution in [3.8, 4) is 0 Å². The molecule has 2 heterocycles. The highest BCUT2D eigenvalue weighted by Crippen LogP contribution is 2.49. The molecule has 1 aromatic rings. The summed E-state index contributed by atoms with van der Waals surface area (Å²) in [6.45, 7) is 1.54. The minimum Gasteiger partial charge on any atom is -0.349 e. The Balaban J connectivity index is 1.29. The van der Waals surface area contributed by atoms with Gasteiger partial charge in [0.2, 0.25) is 5.91 Å². The monoisotopic (exact) mass is 288 g/mol. The van der Waals surface area contributed by atoms with Crippen molar-refractivity contribution in [2.24, 2.45) is 17.8 Å². The van der Waals surface area contributed by atoms with Gasteiger partial charge in [-0.25, -0.2) is 0 Å². The standard InChI is InChI=1S/C16H24N4O/c21-16(13-9-12(13)11-5-2-1-3-6-11)17-10-15-19-18-14-7-4-8-20(14)15/h11-13H,1-10H2,(H,17,21)/t12-,13+/m0/s1. The van der Waals surface area contributed by atoms with Crippen molar-refractivity contribution in [2.45, 2.75) is 64.5 Å². The fourth-order valence-electron chi connectivity index (χ4n) is 4.24. The third kappa shape index (κ3) is 2.58. The normalized spacial score (nSPS) is 28.4. The molecule has 5 nitrogen and oxygen atoms in total. The Morgan fingerprint density at radius 3 is 2.90 bits per heavy atom. The lowest BCUT2D eigenvalue weighted by molar-refractivity contribution is -0.123. The quantitative estimate of drug-likeness (QED) is 0.922. The molecular weight excluding hydrogens is 264 g/mol. The Morgan fingerprint density at radius 1 is 1.19 bits per heavy atom. The van der Waals surface area contributed by atoms with Gasteiger partial charge in [0.05, 0.1) is 6.54 Å². The number of carbonyl (C=O) groups excluding carboxylic acids is 1. The summed E-state index contributed by atoms with van der Waals surface area (Å²) >= 11 is 0. The number of carbonyl (C=O) groups is 1. The lowest BCUT2D eigenvalue weighted by atomic mass is 9.85.